The molecule has 0 bridgehead atoms. The van der Waals surface area contributed by atoms with Crippen molar-refractivity contribution < 1.29 is 9.53 Å². The molecule has 0 spiro atoms. The van der Waals surface area contributed by atoms with Crippen LogP contribution in [-0.2, 0) is 11.2 Å². The van der Waals surface area contributed by atoms with Crippen LogP contribution in [0.4, 0.5) is 10.5 Å². The summed E-state index contributed by atoms with van der Waals surface area (Å²) in [5, 5.41) is 5.96. The Hall–Kier alpha value is -1.98. The van der Waals surface area contributed by atoms with Gasteiger partial charge in [-0.15, -0.1) is 0 Å². The Morgan fingerprint density at radius 1 is 1.50 bits per heavy atom. The number of pyridine rings is 1. The van der Waals surface area contributed by atoms with E-state index in [2.05, 4.69) is 15.4 Å². The lowest BCUT2D eigenvalue weighted by Crippen LogP contribution is -2.33. The van der Waals surface area contributed by atoms with E-state index in [1.807, 2.05) is 20.8 Å². The van der Waals surface area contributed by atoms with Crippen LogP contribution in [0.1, 0.15) is 26.3 Å². The second kappa shape index (κ2) is 6.09. The first-order valence-electron chi connectivity index (χ1n) is 5.69. The third kappa shape index (κ3) is 5.38. The summed E-state index contributed by atoms with van der Waals surface area (Å²) in [5.41, 5.74) is 7.81. The monoisotopic (exact) mass is 250 g/mol. The van der Waals surface area contributed by atoms with Crippen molar-refractivity contribution in [3.8, 4) is 0 Å². The minimum atomic E-state index is -0.490. The molecule has 1 rings (SSSR count). The minimum absolute atomic E-state index is 0.434. The number of nitrogens with one attached hydrogen (secondary N) is 2. The summed E-state index contributed by atoms with van der Waals surface area (Å²) in [6, 6.07) is 1.76. The molecule has 0 aliphatic rings. The van der Waals surface area contributed by atoms with E-state index in [-0.39, 0.29) is 0 Å². The smallest absolute Gasteiger partial charge is 0.407 e. The van der Waals surface area contributed by atoms with Gasteiger partial charge < -0.3 is 10.1 Å². The van der Waals surface area contributed by atoms with E-state index in [0.29, 0.717) is 18.7 Å². The van der Waals surface area contributed by atoms with Crippen molar-refractivity contribution in [3.05, 3.63) is 24.0 Å². The molecule has 18 heavy (non-hydrogen) atoms. The van der Waals surface area contributed by atoms with Gasteiger partial charge in [0.15, 0.2) is 0 Å². The summed E-state index contributed by atoms with van der Waals surface area (Å²) in [6.07, 6.45) is 3.38. The van der Waals surface area contributed by atoms with Gasteiger partial charge in [0, 0.05) is 12.7 Å². The maximum atomic E-state index is 11.4. The van der Waals surface area contributed by atoms with Gasteiger partial charge in [0.2, 0.25) is 0 Å². The van der Waals surface area contributed by atoms with E-state index in [0.717, 1.165) is 5.56 Å². The summed E-state index contributed by atoms with van der Waals surface area (Å²) in [4.78, 5) is 15.3. The van der Waals surface area contributed by atoms with Gasteiger partial charge in [-0.05, 0) is 38.8 Å². The highest BCUT2D eigenvalue weighted by molar-refractivity contribution is 5.67. The summed E-state index contributed by atoms with van der Waals surface area (Å²) in [7, 11) is 0. The second-order valence-corrected chi connectivity index (χ2v) is 4.84. The molecule has 1 aromatic rings. The van der Waals surface area contributed by atoms with Crippen LogP contribution < -0.4 is 5.32 Å². The van der Waals surface area contributed by atoms with Crippen LogP contribution in [-0.4, -0.2) is 23.2 Å². The first-order chi connectivity index (χ1) is 8.40. The zero-order valence-corrected chi connectivity index (χ0v) is 10.9. The molecule has 0 fully saturated rings. The van der Waals surface area contributed by atoms with E-state index < -0.39 is 11.7 Å². The van der Waals surface area contributed by atoms with Gasteiger partial charge in [0.1, 0.15) is 11.3 Å². The lowest BCUT2D eigenvalue weighted by atomic mass is 10.2. The number of ether oxygens (including phenoxy) is 1. The highest BCUT2D eigenvalue weighted by Gasteiger charge is 2.15. The Morgan fingerprint density at radius 2 is 2.22 bits per heavy atom. The zero-order valence-electron chi connectivity index (χ0n) is 10.9. The first-order valence-corrected chi connectivity index (χ1v) is 5.69. The van der Waals surface area contributed by atoms with Crippen LogP contribution in [0.5, 0.6) is 0 Å². The molecule has 0 unspecified atom stereocenters. The standard InChI is InChI=1S/C12H18N4O2/c1-12(2,3)18-11(17)15-5-4-9-6-10(16-13)8-14-7-9/h6-8,13H,4-5H2,1-3H3,(H,15,17). The van der Waals surface area contributed by atoms with E-state index in [4.69, 9.17) is 10.3 Å². The Labute approximate surface area is 106 Å². The highest BCUT2D eigenvalue weighted by Crippen LogP contribution is 2.11. The molecule has 0 saturated carbocycles. The van der Waals surface area contributed by atoms with Crippen molar-refractivity contribution in [2.45, 2.75) is 32.8 Å². The molecule has 0 aliphatic heterocycles. The summed E-state index contributed by atoms with van der Waals surface area (Å²) in [6.45, 7) is 5.90. The zero-order chi connectivity index (χ0) is 13.6. The molecule has 0 aliphatic carbocycles. The molecular weight excluding hydrogens is 232 g/mol. The van der Waals surface area contributed by atoms with Gasteiger partial charge in [-0.2, -0.15) is 5.11 Å². The van der Waals surface area contributed by atoms with Crippen molar-refractivity contribution in [2.24, 2.45) is 5.11 Å². The number of nitrogens with zero attached hydrogens (tertiary/aromatic N) is 2. The molecule has 0 radical (unpaired) electrons. The van der Waals surface area contributed by atoms with Crippen LogP contribution in [0.3, 0.4) is 0 Å². The van der Waals surface area contributed by atoms with Gasteiger partial charge in [0.25, 0.3) is 0 Å². The highest BCUT2D eigenvalue weighted by atomic mass is 16.6. The number of aromatic nitrogens is 1. The van der Waals surface area contributed by atoms with Crippen LogP contribution >= 0.6 is 0 Å². The van der Waals surface area contributed by atoms with Gasteiger partial charge >= 0.3 is 6.09 Å². The quantitative estimate of drug-likeness (QED) is 0.805. The largest absolute Gasteiger partial charge is 0.444 e. The molecule has 6 nitrogen and oxygen atoms in total. The fourth-order valence-corrected chi connectivity index (χ4v) is 1.29. The van der Waals surface area contributed by atoms with Crippen molar-refractivity contribution in [3.63, 3.8) is 0 Å². The molecule has 1 aromatic heterocycles. The molecule has 6 heteroatoms. The van der Waals surface area contributed by atoms with E-state index >= 15 is 0 Å². The number of amides is 1. The van der Waals surface area contributed by atoms with Crippen molar-refractivity contribution in [1.82, 2.24) is 10.3 Å². The first kappa shape index (κ1) is 14.1. The number of hydrogen-bond donors (Lipinski definition) is 2. The van der Waals surface area contributed by atoms with E-state index in [9.17, 15) is 4.79 Å². The van der Waals surface area contributed by atoms with Crippen LogP contribution in [0.25, 0.3) is 0 Å². The topological polar surface area (TPSA) is 87.4 Å². The number of carbonyl (C=O) groups is 1. The van der Waals surface area contributed by atoms with Crippen LogP contribution in [0.2, 0.25) is 0 Å². The molecule has 0 atom stereocenters. The van der Waals surface area contributed by atoms with E-state index in [1.54, 1.807) is 12.3 Å². The van der Waals surface area contributed by atoms with Crippen molar-refractivity contribution >= 4 is 11.8 Å². The summed E-state index contributed by atoms with van der Waals surface area (Å²) >= 11 is 0. The fraction of sp³-hybridized carbons (Fsp3) is 0.500. The van der Waals surface area contributed by atoms with Gasteiger partial charge in [0.05, 0.1) is 6.20 Å². The number of carbonyl (C=O) groups excluding carboxylic acids is 1. The van der Waals surface area contributed by atoms with Gasteiger partial charge in [-0.3, -0.25) is 4.98 Å². The molecular formula is C12H18N4O2. The molecule has 1 heterocycles. The van der Waals surface area contributed by atoms with Crippen LogP contribution in [0, 0.1) is 5.53 Å². The number of rotatable bonds is 4. The third-order valence-electron chi connectivity index (χ3n) is 1.99. The Bertz CT molecular complexity index is 426. The molecule has 98 valence electrons. The Kier molecular flexibility index (Phi) is 4.76. The predicted octanol–water partition coefficient (Wildman–Crippen LogP) is 2.81. The van der Waals surface area contributed by atoms with Gasteiger partial charge in [-0.1, -0.05) is 0 Å². The van der Waals surface area contributed by atoms with Gasteiger partial charge in [-0.25, -0.2) is 10.3 Å². The molecule has 2 N–H and O–H groups in total. The number of hydrogen-bond acceptors (Lipinski definition) is 5. The second-order valence-electron chi connectivity index (χ2n) is 4.84. The van der Waals surface area contributed by atoms with E-state index in [1.165, 1.54) is 6.20 Å². The molecule has 0 saturated heterocycles. The summed E-state index contributed by atoms with van der Waals surface area (Å²) in [5.74, 6) is 0. The fourth-order valence-electron chi connectivity index (χ4n) is 1.29. The molecule has 1 amide bonds. The third-order valence-corrected chi connectivity index (χ3v) is 1.99. The average Bonchev–Trinajstić information content (AvgIpc) is 2.27. The molecule has 0 aromatic carbocycles. The Morgan fingerprint density at radius 3 is 2.83 bits per heavy atom. The number of alkyl carbamates (subject to hydrolysis) is 1. The minimum Gasteiger partial charge on any atom is -0.444 e. The normalized spacial score (nSPS) is 10.8. The SMILES string of the molecule is CC(C)(C)OC(=O)NCCc1cncc(N=N)c1. The van der Waals surface area contributed by atoms with Crippen molar-refractivity contribution in [1.29, 1.82) is 5.53 Å². The Balaban J connectivity index is 2.37. The van der Waals surface area contributed by atoms with Crippen LogP contribution in [0.15, 0.2) is 23.6 Å². The lowest BCUT2D eigenvalue weighted by molar-refractivity contribution is 0.0528. The summed E-state index contributed by atoms with van der Waals surface area (Å²) < 4.78 is 5.11. The maximum absolute atomic E-state index is 11.4. The predicted molar refractivity (Wildman–Crippen MR) is 67.0 cm³/mol. The maximum Gasteiger partial charge on any atom is 0.407 e. The average molecular weight is 250 g/mol. The van der Waals surface area contributed by atoms with Crippen molar-refractivity contribution in [2.75, 3.05) is 6.54 Å². The lowest BCUT2D eigenvalue weighted by Gasteiger charge is -2.19.